The van der Waals surface area contributed by atoms with Crippen LogP contribution in [0.3, 0.4) is 0 Å². The van der Waals surface area contributed by atoms with Crippen LogP contribution in [0.5, 0.6) is 0 Å². The lowest BCUT2D eigenvalue weighted by Crippen LogP contribution is -2.47. The minimum Gasteiger partial charge on any atom is -0.352 e. The number of carbonyl (C=O) groups is 2. The molecule has 1 aromatic carbocycles. The highest BCUT2D eigenvalue weighted by atomic mass is 16.2. The SMILES string of the molecule is CC(=O)N1CCC[C@H](C(=O)N[C@@H]2CCN(Cc3ccccc3)C2)C1. The molecule has 2 aliphatic rings. The average Bonchev–Trinajstić information content (AvgIpc) is 3.02. The van der Waals surface area contributed by atoms with E-state index in [1.54, 1.807) is 11.8 Å². The van der Waals surface area contributed by atoms with Crippen molar-refractivity contribution in [3.8, 4) is 0 Å². The predicted octanol–water partition coefficient (Wildman–Crippen LogP) is 1.64. The fraction of sp³-hybridized carbons (Fsp3) is 0.579. The van der Waals surface area contributed by atoms with E-state index in [0.717, 1.165) is 45.4 Å². The number of amides is 2. The second kappa shape index (κ2) is 7.79. The Morgan fingerprint density at radius 1 is 1.12 bits per heavy atom. The summed E-state index contributed by atoms with van der Waals surface area (Å²) in [6.07, 6.45) is 2.81. The summed E-state index contributed by atoms with van der Waals surface area (Å²) in [6, 6.07) is 10.7. The lowest BCUT2D eigenvalue weighted by Gasteiger charge is -2.31. The fourth-order valence-corrected chi connectivity index (χ4v) is 3.73. The van der Waals surface area contributed by atoms with Gasteiger partial charge in [-0.1, -0.05) is 30.3 Å². The van der Waals surface area contributed by atoms with Gasteiger partial charge in [0.2, 0.25) is 11.8 Å². The van der Waals surface area contributed by atoms with Crippen LogP contribution >= 0.6 is 0 Å². The molecule has 0 unspecified atom stereocenters. The molecule has 1 N–H and O–H groups in total. The molecule has 0 bridgehead atoms. The van der Waals surface area contributed by atoms with Crippen molar-refractivity contribution in [2.45, 2.75) is 38.8 Å². The summed E-state index contributed by atoms with van der Waals surface area (Å²) in [5.74, 6) is 0.140. The van der Waals surface area contributed by atoms with E-state index in [2.05, 4.69) is 34.5 Å². The van der Waals surface area contributed by atoms with Gasteiger partial charge in [-0.05, 0) is 24.8 Å². The molecule has 2 atom stereocenters. The van der Waals surface area contributed by atoms with Crippen molar-refractivity contribution in [2.24, 2.45) is 5.92 Å². The molecule has 2 amide bonds. The van der Waals surface area contributed by atoms with Crippen molar-refractivity contribution >= 4 is 11.8 Å². The topological polar surface area (TPSA) is 52.7 Å². The average molecular weight is 329 g/mol. The Morgan fingerprint density at radius 2 is 1.92 bits per heavy atom. The molecular weight excluding hydrogens is 302 g/mol. The Morgan fingerprint density at radius 3 is 2.67 bits per heavy atom. The van der Waals surface area contributed by atoms with E-state index >= 15 is 0 Å². The summed E-state index contributed by atoms with van der Waals surface area (Å²) in [4.78, 5) is 28.2. The van der Waals surface area contributed by atoms with E-state index in [1.165, 1.54) is 5.56 Å². The van der Waals surface area contributed by atoms with Crippen LogP contribution < -0.4 is 5.32 Å². The summed E-state index contributed by atoms with van der Waals surface area (Å²) in [6.45, 7) is 5.80. The first-order valence-electron chi connectivity index (χ1n) is 8.94. The molecule has 2 heterocycles. The summed E-state index contributed by atoms with van der Waals surface area (Å²) >= 11 is 0. The second-order valence-electron chi connectivity index (χ2n) is 7.02. The van der Waals surface area contributed by atoms with Crippen molar-refractivity contribution in [2.75, 3.05) is 26.2 Å². The predicted molar refractivity (Wildman–Crippen MR) is 93.2 cm³/mol. The van der Waals surface area contributed by atoms with E-state index in [9.17, 15) is 9.59 Å². The normalized spacial score (nSPS) is 24.8. The van der Waals surface area contributed by atoms with Crippen molar-refractivity contribution < 1.29 is 9.59 Å². The van der Waals surface area contributed by atoms with E-state index < -0.39 is 0 Å². The van der Waals surface area contributed by atoms with Gasteiger partial charge in [0.15, 0.2) is 0 Å². The molecule has 5 heteroatoms. The fourth-order valence-electron chi connectivity index (χ4n) is 3.73. The third-order valence-electron chi connectivity index (χ3n) is 5.11. The second-order valence-corrected chi connectivity index (χ2v) is 7.02. The zero-order valence-corrected chi connectivity index (χ0v) is 14.4. The Kier molecular flexibility index (Phi) is 5.51. The molecule has 130 valence electrons. The molecule has 2 aliphatic heterocycles. The van der Waals surface area contributed by atoms with Crippen LogP contribution in [0.15, 0.2) is 30.3 Å². The van der Waals surface area contributed by atoms with E-state index in [-0.39, 0.29) is 23.8 Å². The van der Waals surface area contributed by atoms with Gasteiger partial charge in [-0.3, -0.25) is 14.5 Å². The molecule has 2 fully saturated rings. The third-order valence-corrected chi connectivity index (χ3v) is 5.11. The van der Waals surface area contributed by atoms with Crippen LogP contribution in [0, 0.1) is 5.92 Å². The van der Waals surface area contributed by atoms with Gasteiger partial charge in [-0.25, -0.2) is 0 Å². The lowest BCUT2D eigenvalue weighted by atomic mass is 9.96. The molecular formula is C19H27N3O2. The maximum absolute atomic E-state index is 12.5. The molecule has 24 heavy (non-hydrogen) atoms. The monoisotopic (exact) mass is 329 g/mol. The number of benzene rings is 1. The largest absolute Gasteiger partial charge is 0.352 e. The smallest absolute Gasteiger partial charge is 0.225 e. The highest BCUT2D eigenvalue weighted by Crippen LogP contribution is 2.19. The minimum absolute atomic E-state index is 0.0502. The first kappa shape index (κ1) is 17.0. The lowest BCUT2D eigenvalue weighted by molar-refractivity contribution is -0.134. The van der Waals surface area contributed by atoms with Crippen molar-refractivity contribution in [1.29, 1.82) is 0 Å². The molecule has 0 aromatic heterocycles. The Labute approximate surface area is 144 Å². The maximum Gasteiger partial charge on any atom is 0.225 e. The van der Waals surface area contributed by atoms with Gasteiger partial charge in [0.25, 0.3) is 0 Å². The summed E-state index contributed by atoms with van der Waals surface area (Å²) < 4.78 is 0. The van der Waals surface area contributed by atoms with Gasteiger partial charge in [0.05, 0.1) is 5.92 Å². The van der Waals surface area contributed by atoms with Gasteiger partial charge in [-0.15, -0.1) is 0 Å². The Balaban J connectivity index is 1.46. The molecule has 5 nitrogen and oxygen atoms in total. The number of likely N-dealkylation sites (tertiary alicyclic amines) is 2. The number of hydrogen-bond donors (Lipinski definition) is 1. The molecule has 2 saturated heterocycles. The van der Waals surface area contributed by atoms with Crippen molar-refractivity contribution in [3.05, 3.63) is 35.9 Å². The highest BCUT2D eigenvalue weighted by Gasteiger charge is 2.30. The van der Waals surface area contributed by atoms with Crippen LogP contribution in [-0.2, 0) is 16.1 Å². The summed E-state index contributed by atoms with van der Waals surface area (Å²) in [5.41, 5.74) is 1.31. The molecule has 0 radical (unpaired) electrons. The first-order chi connectivity index (χ1) is 11.6. The highest BCUT2D eigenvalue weighted by molar-refractivity contribution is 5.81. The number of nitrogens with one attached hydrogen (secondary N) is 1. The third kappa shape index (κ3) is 4.35. The molecule has 0 spiro atoms. The number of carbonyl (C=O) groups excluding carboxylic acids is 2. The summed E-state index contributed by atoms with van der Waals surface area (Å²) in [7, 11) is 0. The van der Waals surface area contributed by atoms with Gasteiger partial charge in [0.1, 0.15) is 0 Å². The van der Waals surface area contributed by atoms with E-state index in [4.69, 9.17) is 0 Å². The summed E-state index contributed by atoms with van der Waals surface area (Å²) in [5, 5.41) is 3.21. The number of nitrogens with zero attached hydrogens (tertiary/aromatic N) is 2. The van der Waals surface area contributed by atoms with Crippen molar-refractivity contribution in [1.82, 2.24) is 15.1 Å². The quantitative estimate of drug-likeness (QED) is 0.913. The molecule has 0 aliphatic carbocycles. The van der Waals surface area contributed by atoms with Gasteiger partial charge in [0, 0.05) is 45.7 Å². The van der Waals surface area contributed by atoms with Gasteiger partial charge < -0.3 is 10.2 Å². The number of rotatable bonds is 4. The minimum atomic E-state index is -0.0502. The molecule has 3 rings (SSSR count). The Bertz CT molecular complexity index is 575. The number of piperidine rings is 1. The van der Waals surface area contributed by atoms with E-state index in [1.807, 2.05) is 6.07 Å². The van der Waals surface area contributed by atoms with Crippen LogP contribution in [0.1, 0.15) is 31.7 Å². The van der Waals surface area contributed by atoms with E-state index in [0.29, 0.717) is 6.54 Å². The van der Waals surface area contributed by atoms with Crippen LogP contribution in [0.4, 0.5) is 0 Å². The molecule has 1 aromatic rings. The van der Waals surface area contributed by atoms with Gasteiger partial charge in [-0.2, -0.15) is 0 Å². The van der Waals surface area contributed by atoms with Crippen molar-refractivity contribution in [3.63, 3.8) is 0 Å². The molecule has 0 saturated carbocycles. The first-order valence-corrected chi connectivity index (χ1v) is 8.94. The van der Waals surface area contributed by atoms with Crippen LogP contribution in [0.25, 0.3) is 0 Å². The number of hydrogen-bond acceptors (Lipinski definition) is 3. The maximum atomic E-state index is 12.5. The van der Waals surface area contributed by atoms with Gasteiger partial charge >= 0.3 is 0 Å². The standard InChI is InChI=1S/C19H27N3O2/c1-15(23)22-10-5-8-17(13-22)19(24)20-18-9-11-21(14-18)12-16-6-3-2-4-7-16/h2-4,6-7,17-18H,5,8-14H2,1H3,(H,20,24)/t17-,18+/m0/s1. The van der Waals surface area contributed by atoms with Crippen LogP contribution in [0.2, 0.25) is 0 Å². The zero-order chi connectivity index (χ0) is 16.9. The zero-order valence-electron chi connectivity index (χ0n) is 14.4. The Hall–Kier alpha value is -1.88. The van der Waals surface area contributed by atoms with Crippen LogP contribution in [-0.4, -0.2) is 53.8 Å².